The van der Waals surface area contributed by atoms with Crippen LogP contribution in [0.15, 0.2) is 23.3 Å². The third kappa shape index (κ3) is 2.82. The van der Waals surface area contributed by atoms with Gasteiger partial charge in [-0.3, -0.25) is 10.8 Å². The van der Waals surface area contributed by atoms with Gasteiger partial charge in [0.1, 0.15) is 6.07 Å². The second kappa shape index (κ2) is 4.94. The van der Waals surface area contributed by atoms with Crippen molar-refractivity contribution in [1.29, 1.82) is 10.7 Å². The van der Waals surface area contributed by atoms with E-state index in [-0.39, 0.29) is 11.5 Å². The third-order valence-electron chi connectivity index (χ3n) is 2.04. The minimum absolute atomic E-state index is 0.124. The maximum absolute atomic E-state index is 8.66. The largest absolute Gasteiger partial charge is 0.382 e. The first-order chi connectivity index (χ1) is 7.54. The number of nitrogens with one attached hydrogen (secondary N) is 2. The Kier molecular flexibility index (Phi) is 3.62. The summed E-state index contributed by atoms with van der Waals surface area (Å²) < 4.78 is 0. The predicted octanol–water partition coefficient (Wildman–Crippen LogP) is 1.53. The first kappa shape index (κ1) is 11.7. The predicted molar refractivity (Wildman–Crippen MR) is 64.5 cm³/mol. The van der Waals surface area contributed by atoms with Gasteiger partial charge in [-0.25, -0.2) is 0 Å². The first-order valence-corrected chi connectivity index (χ1v) is 4.70. The number of rotatable bonds is 3. The zero-order chi connectivity index (χ0) is 12.1. The van der Waals surface area contributed by atoms with Gasteiger partial charge >= 0.3 is 0 Å². The zero-order valence-corrected chi connectivity index (χ0v) is 9.20. The summed E-state index contributed by atoms with van der Waals surface area (Å²) in [5, 5.41) is 19.5. The Morgan fingerprint density at radius 2 is 2.19 bits per heavy atom. The van der Waals surface area contributed by atoms with E-state index in [2.05, 4.69) is 10.5 Å². The fraction of sp³-hybridized carbons (Fsp3) is 0.182. The van der Waals surface area contributed by atoms with E-state index >= 15 is 0 Å². The fourth-order valence-electron chi connectivity index (χ4n) is 1.12. The van der Waals surface area contributed by atoms with Crippen molar-refractivity contribution in [2.75, 3.05) is 5.43 Å². The van der Waals surface area contributed by atoms with Crippen LogP contribution in [0.4, 0.5) is 5.69 Å². The highest BCUT2D eigenvalue weighted by Crippen LogP contribution is 2.16. The topological polar surface area (TPSA) is 98.0 Å². The van der Waals surface area contributed by atoms with Gasteiger partial charge in [-0.05, 0) is 31.0 Å². The fourth-order valence-corrected chi connectivity index (χ4v) is 1.12. The second-order valence-electron chi connectivity index (χ2n) is 3.42. The van der Waals surface area contributed by atoms with Crippen LogP contribution in [0, 0.1) is 30.6 Å². The molecule has 0 aliphatic heterocycles. The van der Waals surface area contributed by atoms with Gasteiger partial charge in [-0.1, -0.05) is 12.1 Å². The average Bonchev–Trinajstić information content (AvgIpc) is 2.23. The van der Waals surface area contributed by atoms with E-state index in [1.807, 2.05) is 32.0 Å². The van der Waals surface area contributed by atoms with Crippen molar-refractivity contribution in [2.45, 2.75) is 13.8 Å². The Labute approximate surface area is 94.1 Å². The van der Waals surface area contributed by atoms with E-state index in [0.717, 1.165) is 16.8 Å². The molecule has 0 saturated heterocycles. The van der Waals surface area contributed by atoms with Gasteiger partial charge in [-0.15, -0.1) is 0 Å². The number of nitriles is 1. The minimum Gasteiger partial charge on any atom is -0.382 e. The van der Waals surface area contributed by atoms with Crippen molar-refractivity contribution in [3.8, 4) is 6.07 Å². The van der Waals surface area contributed by atoms with Gasteiger partial charge in [0.05, 0.1) is 5.69 Å². The monoisotopic (exact) mass is 215 g/mol. The molecule has 0 aliphatic carbocycles. The maximum Gasteiger partial charge on any atom is 0.201 e. The summed E-state index contributed by atoms with van der Waals surface area (Å²) in [6.07, 6.45) is 0. The maximum atomic E-state index is 8.66. The molecule has 16 heavy (non-hydrogen) atoms. The molecule has 0 atom stereocenters. The van der Waals surface area contributed by atoms with Crippen LogP contribution in [0.2, 0.25) is 0 Å². The molecule has 0 aliphatic rings. The summed E-state index contributed by atoms with van der Waals surface area (Å²) in [5.41, 5.74) is 10.7. The van der Waals surface area contributed by atoms with E-state index in [1.54, 1.807) is 6.07 Å². The van der Waals surface area contributed by atoms with E-state index in [4.69, 9.17) is 16.4 Å². The molecule has 1 rings (SSSR count). The molecule has 0 amide bonds. The Morgan fingerprint density at radius 1 is 1.50 bits per heavy atom. The van der Waals surface area contributed by atoms with Crippen LogP contribution in [0.25, 0.3) is 0 Å². The molecule has 0 heterocycles. The number of hydrogen-bond donors (Lipinski definition) is 3. The van der Waals surface area contributed by atoms with Crippen LogP contribution in [0.3, 0.4) is 0 Å². The molecule has 0 radical (unpaired) electrons. The van der Waals surface area contributed by atoms with Crippen LogP contribution in [-0.4, -0.2) is 11.5 Å². The van der Waals surface area contributed by atoms with Crippen LogP contribution in [-0.2, 0) is 0 Å². The number of nitrogens with zero attached hydrogens (tertiary/aromatic N) is 2. The summed E-state index contributed by atoms with van der Waals surface area (Å²) in [6, 6.07) is 7.59. The molecular weight excluding hydrogens is 202 g/mol. The molecule has 5 heteroatoms. The van der Waals surface area contributed by atoms with Gasteiger partial charge in [0.25, 0.3) is 0 Å². The van der Waals surface area contributed by atoms with Crippen molar-refractivity contribution >= 4 is 17.2 Å². The number of nitrogens with two attached hydrogens (primary N) is 1. The number of aryl methyl sites for hydroxylation is 2. The molecule has 0 aromatic heterocycles. The normalized spacial score (nSPS) is 10.7. The molecular formula is C11H13N5. The van der Waals surface area contributed by atoms with Crippen LogP contribution in [0.1, 0.15) is 11.1 Å². The van der Waals surface area contributed by atoms with Gasteiger partial charge in [0, 0.05) is 0 Å². The minimum atomic E-state index is -0.347. The van der Waals surface area contributed by atoms with Gasteiger partial charge in [-0.2, -0.15) is 10.4 Å². The summed E-state index contributed by atoms with van der Waals surface area (Å²) >= 11 is 0. The quantitative estimate of drug-likeness (QED) is 0.405. The molecule has 1 aromatic rings. The molecule has 5 nitrogen and oxygen atoms in total. The van der Waals surface area contributed by atoms with Crippen LogP contribution < -0.4 is 11.2 Å². The second-order valence-corrected chi connectivity index (χ2v) is 3.42. The van der Waals surface area contributed by atoms with Crippen molar-refractivity contribution in [3.63, 3.8) is 0 Å². The van der Waals surface area contributed by atoms with Gasteiger partial charge in [0.15, 0.2) is 5.84 Å². The summed E-state index contributed by atoms with van der Waals surface area (Å²) in [5.74, 6) is -0.347. The van der Waals surface area contributed by atoms with Crippen molar-refractivity contribution in [2.24, 2.45) is 10.8 Å². The highest BCUT2D eigenvalue weighted by atomic mass is 15.3. The highest BCUT2D eigenvalue weighted by molar-refractivity contribution is 6.45. The standard InChI is InChI=1S/C11H13N5/c1-7-3-4-8(2)9(5-7)15-16-10(6-12)11(13)14/h3-5,15H,1-2H3,(H3,13,14)/b16-10+. The van der Waals surface area contributed by atoms with Crippen molar-refractivity contribution in [1.82, 2.24) is 0 Å². The molecule has 0 bridgehead atoms. The number of anilines is 1. The van der Waals surface area contributed by atoms with Crippen molar-refractivity contribution < 1.29 is 0 Å². The molecule has 0 spiro atoms. The highest BCUT2D eigenvalue weighted by Gasteiger charge is 2.02. The molecule has 0 fully saturated rings. The molecule has 82 valence electrons. The first-order valence-electron chi connectivity index (χ1n) is 4.70. The molecule has 1 aromatic carbocycles. The van der Waals surface area contributed by atoms with E-state index in [1.165, 1.54) is 0 Å². The third-order valence-corrected chi connectivity index (χ3v) is 2.04. The lowest BCUT2D eigenvalue weighted by molar-refractivity contribution is 1.28. The Balaban J connectivity index is 2.94. The van der Waals surface area contributed by atoms with Crippen LogP contribution in [0.5, 0.6) is 0 Å². The van der Waals surface area contributed by atoms with Gasteiger partial charge in [0.2, 0.25) is 5.71 Å². The lowest BCUT2D eigenvalue weighted by Crippen LogP contribution is -2.21. The number of benzene rings is 1. The Bertz CT molecular complexity index is 482. The number of hydrazone groups is 1. The summed E-state index contributed by atoms with van der Waals surface area (Å²) in [4.78, 5) is 0. The number of hydrogen-bond acceptors (Lipinski definition) is 4. The zero-order valence-electron chi connectivity index (χ0n) is 9.20. The van der Waals surface area contributed by atoms with Gasteiger partial charge < -0.3 is 5.73 Å². The Hall–Kier alpha value is -2.35. The lowest BCUT2D eigenvalue weighted by atomic mass is 10.1. The molecule has 0 unspecified atom stereocenters. The smallest absolute Gasteiger partial charge is 0.201 e. The lowest BCUT2D eigenvalue weighted by Gasteiger charge is -2.06. The van der Waals surface area contributed by atoms with E-state index in [9.17, 15) is 0 Å². The average molecular weight is 215 g/mol. The van der Waals surface area contributed by atoms with Crippen molar-refractivity contribution in [3.05, 3.63) is 29.3 Å². The SMILES string of the molecule is Cc1ccc(C)c(N/N=C(\C#N)C(=N)N)c1. The van der Waals surface area contributed by atoms with Crippen LogP contribution >= 0.6 is 0 Å². The van der Waals surface area contributed by atoms with E-state index in [0.29, 0.717) is 0 Å². The Morgan fingerprint density at radius 3 is 2.75 bits per heavy atom. The number of amidine groups is 1. The summed E-state index contributed by atoms with van der Waals surface area (Å²) in [6.45, 7) is 3.89. The molecule has 0 saturated carbocycles. The summed E-state index contributed by atoms with van der Waals surface area (Å²) in [7, 11) is 0. The van der Waals surface area contributed by atoms with E-state index < -0.39 is 0 Å². The molecule has 4 N–H and O–H groups in total.